The number of ether oxygens (including phenoxy) is 1. The van der Waals surface area contributed by atoms with E-state index in [0.29, 0.717) is 5.41 Å². The van der Waals surface area contributed by atoms with Gasteiger partial charge < -0.3 is 15.0 Å². The summed E-state index contributed by atoms with van der Waals surface area (Å²) in [6, 6.07) is 0. The summed E-state index contributed by atoms with van der Waals surface area (Å²) in [6.07, 6.45) is 11.0. The molecule has 0 unspecified atom stereocenters. The topological polar surface area (TPSA) is 40.1 Å². The maximum Gasteiger partial charge on any atom is 0.193 e. The second-order valence-corrected chi connectivity index (χ2v) is 7.87. The van der Waals surface area contributed by atoms with Gasteiger partial charge in [0.2, 0.25) is 0 Å². The molecule has 1 N–H and O–H groups in total. The highest BCUT2D eigenvalue weighted by Gasteiger charge is 2.39. The van der Waals surface area contributed by atoms with Crippen molar-refractivity contribution in [3.63, 3.8) is 0 Å². The standard InChI is InChI=1S/C19H36N4O.HI/c1-20-18(21-10-5-6-11-22-13-15-24-16-14-22)23-12-9-19(17-23)7-3-2-4-8-19;/h2-17H2,1H3,(H,20,21);1H. The van der Waals surface area contributed by atoms with E-state index in [2.05, 4.69) is 20.1 Å². The third kappa shape index (κ3) is 6.24. The van der Waals surface area contributed by atoms with Gasteiger partial charge in [0, 0.05) is 39.8 Å². The normalized spacial score (nSPS) is 24.4. The summed E-state index contributed by atoms with van der Waals surface area (Å²) in [4.78, 5) is 9.57. The van der Waals surface area contributed by atoms with Crippen LogP contribution in [-0.2, 0) is 4.74 Å². The van der Waals surface area contributed by atoms with Crippen LogP contribution in [0.25, 0.3) is 0 Å². The predicted molar refractivity (Wildman–Crippen MR) is 115 cm³/mol. The summed E-state index contributed by atoms with van der Waals surface area (Å²) in [5, 5.41) is 3.60. The number of hydrogen-bond acceptors (Lipinski definition) is 3. The van der Waals surface area contributed by atoms with E-state index >= 15 is 0 Å². The van der Waals surface area contributed by atoms with Crippen LogP contribution in [0.1, 0.15) is 51.4 Å². The number of halogens is 1. The molecule has 2 heterocycles. The minimum atomic E-state index is 0. The predicted octanol–water partition coefficient (Wildman–Crippen LogP) is 2.95. The fraction of sp³-hybridized carbons (Fsp3) is 0.947. The summed E-state index contributed by atoms with van der Waals surface area (Å²) >= 11 is 0. The number of rotatable bonds is 5. The average Bonchev–Trinajstić information content (AvgIpc) is 3.03. The first-order valence-electron chi connectivity index (χ1n) is 10.1. The lowest BCUT2D eigenvalue weighted by atomic mass is 9.73. The molecule has 0 amide bonds. The first kappa shape index (κ1) is 21.2. The zero-order valence-electron chi connectivity index (χ0n) is 16.0. The Bertz CT molecular complexity index is 406. The van der Waals surface area contributed by atoms with Crippen LogP contribution >= 0.6 is 24.0 Å². The van der Waals surface area contributed by atoms with Crippen molar-refractivity contribution in [3.05, 3.63) is 0 Å². The van der Waals surface area contributed by atoms with Gasteiger partial charge in [0.1, 0.15) is 0 Å². The monoisotopic (exact) mass is 464 g/mol. The lowest BCUT2D eigenvalue weighted by molar-refractivity contribution is 0.0372. The van der Waals surface area contributed by atoms with Gasteiger partial charge in [0.25, 0.3) is 0 Å². The highest BCUT2D eigenvalue weighted by molar-refractivity contribution is 14.0. The minimum Gasteiger partial charge on any atom is -0.379 e. The smallest absolute Gasteiger partial charge is 0.193 e. The Balaban J connectivity index is 0.00000225. The van der Waals surface area contributed by atoms with E-state index in [-0.39, 0.29) is 24.0 Å². The maximum absolute atomic E-state index is 5.40. The Labute approximate surface area is 171 Å². The molecule has 1 saturated carbocycles. The quantitative estimate of drug-likeness (QED) is 0.294. The highest BCUT2D eigenvalue weighted by Crippen LogP contribution is 2.43. The van der Waals surface area contributed by atoms with Crippen LogP contribution in [0.5, 0.6) is 0 Å². The summed E-state index contributed by atoms with van der Waals surface area (Å²) in [7, 11) is 1.93. The Morgan fingerprint density at radius 3 is 2.52 bits per heavy atom. The van der Waals surface area contributed by atoms with E-state index < -0.39 is 0 Å². The molecular formula is C19H37IN4O. The van der Waals surface area contributed by atoms with Crippen molar-refractivity contribution in [3.8, 4) is 0 Å². The Kier molecular flexibility index (Phi) is 9.27. The molecule has 0 aromatic heterocycles. The molecule has 0 aromatic rings. The molecule has 0 atom stereocenters. The Morgan fingerprint density at radius 1 is 1.04 bits per heavy atom. The van der Waals surface area contributed by atoms with Crippen LogP contribution in [0.15, 0.2) is 4.99 Å². The number of nitrogens with one attached hydrogen (secondary N) is 1. The van der Waals surface area contributed by atoms with Gasteiger partial charge >= 0.3 is 0 Å². The molecule has 1 aliphatic carbocycles. The van der Waals surface area contributed by atoms with Crippen LogP contribution in [-0.4, -0.2) is 75.3 Å². The van der Waals surface area contributed by atoms with Crippen molar-refractivity contribution in [2.75, 3.05) is 59.5 Å². The number of guanidine groups is 1. The molecule has 25 heavy (non-hydrogen) atoms. The lowest BCUT2D eigenvalue weighted by Gasteiger charge is -2.33. The fourth-order valence-electron chi connectivity index (χ4n) is 4.64. The van der Waals surface area contributed by atoms with E-state index in [4.69, 9.17) is 4.74 Å². The van der Waals surface area contributed by atoms with Crippen molar-refractivity contribution in [1.29, 1.82) is 0 Å². The largest absolute Gasteiger partial charge is 0.379 e. The van der Waals surface area contributed by atoms with Crippen molar-refractivity contribution in [1.82, 2.24) is 15.1 Å². The van der Waals surface area contributed by atoms with E-state index in [0.717, 1.165) is 38.8 Å². The fourth-order valence-corrected chi connectivity index (χ4v) is 4.64. The van der Waals surface area contributed by atoms with Gasteiger partial charge in [0.05, 0.1) is 13.2 Å². The number of unbranched alkanes of at least 4 members (excludes halogenated alkanes) is 1. The molecule has 146 valence electrons. The molecule has 0 aromatic carbocycles. The molecule has 0 radical (unpaired) electrons. The third-order valence-electron chi connectivity index (χ3n) is 6.15. The van der Waals surface area contributed by atoms with Crippen LogP contribution < -0.4 is 5.32 Å². The lowest BCUT2D eigenvalue weighted by Crippen LogP contribution is -2.42. The number of nitrogens with zero attached hydrogens (tertiary/aromatic N) is 3. The van der Waals surface area contributed by atoms with E-state index in [1.165, 1.54) is 71.0 Å². The zero-order chi connectivity index (χ0) is 16.7. The minimum absolute atomic E-state index is 0. The molecule has 0 bridgehead atoms. The molecule has 2 aliphatic heterocycles. The maximum atomic E-state index is 5.40. The van der Waals surface area contributed by atoms with Gasteiger partial charge in [-0.15, -0.1) is 24.0 Å². The van der Waals surface area contributed by atoms with Crippen LogP contribution in [0, 0.1) is 5.41 Å². The number of morpholine rings is 1. The van der Waals surface area contributed by atoms with E-state index in [1.54, 1.807) is 0 Å². The summed E-state index contributed by atoms with van der Waals surface area (Å²) in [5.41, 5.74) is 0.603. The second kappa shape index (κ2) is 10.9. The molecule has 3 rings (SSSR count). The molecule has 3 fully saturated rings. The van der Waals surface area contributed by atoms with E-state index in [1.807, 2.05) is 7.05 Å². The van der Waals surface area contributed by atoms with Gasteiger partial charge in [-0.1, -0.05) is 19.3 Å². The molecule has 2 saturated heterocycles. The van der Waals surface area contributed by atoms with Gasteiger partial charge in [-0.25, -0.2) is 0 Å². The number of hydrogen-bond donors (Lipinski definition) is 1. The van der Waals surface area contributed by atoms with Crippen molar-refractivity contribution < 1.29 is 4.74 Å². The van der Waals surface area contributed by atoms with Gasteiger partial charge in [-0.3, -0.25) is 9.89 Å². The van der Waals surface area contributed by atoms with Crippen LogP contribution in [0.2, 0.25) is 0 Å². The van der Waals surface area contributed by atoms with E-state index in [9.17, 15) is 0 Å². The number of aliphatic imine (C=N–C) groups is 1. The summed E-state index contributed by atoms with van der Waals surface area (Å²) < 4.78 is 5.40. The summed E-state index contributed by atoms with van der Waals surface area (Å²) in [5.74, 6) is 1.13. The van der Waals surface area contributed by atoms with Crippen molar-refractivity contribution in [2.45, 2.75) is 51.4 Å². The SMILES string of the molecule is CN=C(NCCCCN1CCOCC1)N1CCC2(CCCCC2)C1.I. The highest BCUT2D eigenvalue weighted by atomic mass is 127. The first-order chi connectivity index (χ1) is 11.8. The zero-order valence-corrected chi connectivity index (χ0v) is 18.3. The summed E-state index contributed by atoms with van der Waals surface area (Å²) in [6.45, 7) is 8.67. The second-order valence-electron chi connectivity index (χ2n) is 7.87. The molecule has 1 spiro atoms. The molecular weight excluding hydrogens is 427 g/mol. The number of likely N-dealkylation sites (tertiary alicyclic amines) is 1. The molecule has 3 aliphatic rings. The average molecular weight is 464 g/mol. The van der Waals surface area contributed by atoms with Crippen molar-refractivity contribution in [2.24, 2.45) is 10.4 Å². The first-order valence-corrected chi connectivity index (χ1v) is 10.1. The molecule has 6 heteroatoms. The van der Waals surface area contributed by atoms with Gasteiger partial charge in [-0.2, -0.15) is 0 Å². The molecule has 5 nitrogen and oxygen atoms in total. The van der Waals surface area contributed by atoms with Gasteiger partial charge in [-0.05, 0) is 44.1 Å². The van der Waals surface area contributed by atoms with Crippen molar-refractivity contribution >= 4 is 29.9 Å². The van der Waals surface area contributed by atoms with Crippen LogP contribution in [0.4, 0.5) is 0 Å². The Hall–Kier alpha value is -0.0800. The third-order valence-corrected chi connectivity index (χ3v) is 6.15. The van der Waals surface area contributed by atoms with Gasteiger partial charge in [0.15, 0.2) is 5.96 Å². The van der Waals surface area contributed by atoms with Crippen LogP contribution in [0.3, 0.4) is 0 Å². The Morgan fingerprint density at radius 2 is 1.80 bits per heavy atom.